The third-order valence-corrected chi connectivity index (χ3v) is 2.82. The number of hydrogen-bond acceptors (Lipinski definition) is 4. The van der Waals surface area contributed by atoms with Crippen molar-refractivity contribution in [2.24, 2.45) is 0 Å². The van der Waals surface area contributed by atoms with Gasteiger partial charge in [0.1, 0.15) is 18.1 Å². The van der Waals surface area contributed by atoms with Gasteiger partial charge in [-0.1, -0.05) is 6.07 Å². The SMILES string of the molecule is COc1cccc(OCCN2CCOCC2)c1. The Bertz CT molecular complexity index is 337. The van der Waals surface area contributed by atoms with Crippen molar-refractivity contribution in [3.63, 3.8) is 0 Å². The summed E-state index contributed by atoms with van der Waals surface area (Å²) in [6.45, 7) is 5.31. The molecular formula is C13H19NO3. The van der Waals surface area contributed by atoms with E-state index in [1.165, 1.54) is 0 Å². The summed E-state index contributed by atoms with van der Waals surface area (Å²) in [7, 11) is 1.66. The fourth-order valence-corrected chi connectivity index (χ4v) is 1.81. The van der Waals surface area contributed by atoms with E-state index in [1.807, 2.05) is 24.3 Å². The largest absolute Gasteiger partial charge is 0.497 e. The normalized spacial score (nSPS) is 16.8. The zero-order valence-electron chi connectivity index (χ0n) is 10.2. The summed E-state index contributed by atoms with van der Waals surface area (Å²) in [4.78, 5) is 2.35. The van der Waals surface area contributed by atoms with Crippen LogP contribution in [0, 0.1) is 0 Å². The molecule has 94 valence electrons. The van der Waals surface area contributed by atoms with Crippen LogP contribution < -0.4 is 9.47 Å². The summed E-state index contributed by atoms with van der Waals surface area (Å²) >= 11 is 0. The zero-order valence-corrected chi connectivity index (χ0v) is 10.2. The lowest BCUT2D eigenvalue weighted by atomic mass is 10.3. The van der Waals surface area contributed by atoms with Crippen LogP contribution in [-0.2, 0) is 4.74 Å². The number of benzene rings is 1. The lowest BCUT2D eigenvalue weighted by Gasteiger charge is -2.26. The van der Waals surface area contributed by atoms with Crippen LogP contribution in [0.2, 0.25) is 0 Å². The molecule has 0 radical (unpaired) electrons. The maximum absolute atomic E-state index is 5.69. The summed E-state index contributed by atoms with van der Waals surface area (Å²) in [6, 6.07) is 7.69. The maximum atomic E-state index is 5.69. The lowest BCUT2D eigenvalue weighted by molar-refractivity contribution is 0.0322. The maximum Gasteiger partial charge on any atom is 0.123 e. The van der Waals surface area contributed by atoms with E-state index in [1.54, 1.807) is 7.11 Å². The Morgan fingerprint density at radius 2 is 2.00 bits per heavy atom. The van der Waals surface area contributed by atoms with E-state index < -0.39 is 0 Å². The van der Waals surface area contributed by atoms with Crippen molar-refractivity contribution in [1.29, 1.82) is 0 Å². The number of hydrogen-bond donors (Lipinski definition) is 0. The van der Waals surface area contributed by atoms with E-state index in [9.17, 15) is 0 Å². The minimum absolute atomic E-state index is 0.702. The summed E-state index contributed by atoms with van der Waals surface area (Å²) in [5, 5.41) is 0. The van der Waals surface area contributed by atoms with Gasteiger partial charge in [-0.25, -0.2) is 0 Å². The summed E-state index contributed by atoms with van der Waals surface area (Å²) in [5.41, 5.74) is 0. The molecule has 1 aromatic carbocycles. The standard InChI is InChI=1S/C13H19NO3/c1-15-12-3-2-4-13(11-12)17-10-7-14-5-8-16-9-6-14/h2-4,11H,5-10H2,1H3. The molecule has 2 rings (SSSR count). The molecule has 1 aliphatic heterocycles. The molecule has 0 N–H and O–H groups in total. The van der Waals surface area contributed by atoms with Crippen LogP contribution in [0.25, 0.3) is 0 Å². The molecule has 1 saturated heterocycles. The molecule has 1 fully saturated rings. The fourth-order valence-electron chi connectivity index (χ4n) is 1.81. The van der Waals surface area contributed by atoms with Gasteiger partial charge in [-0.3, -0.25) is 4.90 Å². The van der Waals surface area contributed by atoms with E-state index >= 15 is 0 Å². The van der Waals surface area contributed by atoms with Gasteiger partial charge < -0.3 is 14.2 Å². The molecule has 0 unspecified atom stereocenters. The van der Waals surface area contributed by atoms with Crippen molar-refractivity contribution in [2.45, 2.75) is 0 Å². The predicted octanol–water partition coefficient (Wildman–Crippen LogP) is 1.41. The van der Waals surface area contributed by atoms with Crippen LogP contribution in [0.4, 0.5) is 0 Å². The highest BCUT2D eigenvalue weighted by Gasteiger charge is 2.09. The first-order valence-electron chi connectivity index (χ1n) is 5.95. The van der Waals surface area contributed by atoms with Gasteiger partial charge in [0, 0.05) is 25.7 Å². The molecule has 0 spiro atoms. The molecule has 4 nitrogen and oxygen atoms in total. The molecule has 1 aliphatic rings. The van der Waals surface area contributed by atoms with Crippen molar-refractivity contribution in [2.75, 3.05) is 46.6 Å². The average Bonchev–Trinajstić information content (AvgIpc) is 2.40. The van der Waals surface area contributed by atoms with Gasteiger partial charge in [0.05, 0.1) is 20.3 Å². The molecule has 1 heterocycles. The predicted molar refractivity (Wildman–Crippen MR) is 65.7 cm³/mol. The van der Waals surface area contributed by atoms with Crippen LogP contribution in [0.1, 0.15) is 0 Å². The molecule has 1 aromatic rings. The Hall–Kier alpha value is -1.26. The highest BCUT2D eigenvalue weighted by atomic mass is 16.5. The van der Waals surface area contributed by atoms with Gasteiger partial charge in [0.2, 0.25) is 0 Å². The first kappa shape index (κ1) is 12.2. The summed E-state index contributed by atoms with van der Waals surface area (Å²) < 4.78 is 16.1. The molecule has 4 heteroatoms. The average molecular weight is 237 g/mol. The molecule has 17 heavy (non-hydrogen) atoms. The second kappa shape index (κ2) is 6.47. The Kier molecular flexibility index (Phi) is 4.64. The first-order valence-corrected chi connectivity index (χ1v) is 5.95. The van der Waals surface area contributed by atoms with Gasteiger partial charge in [0.25, 0.3) is 0 Å². The molecule has 0 atom stereocenters. The second-order valence-corrected chi connectivity index (χ2v) is 3.98. The Morgan fingerprint density at radius 3 is 2.76 bits per heavy atom. The minimum Gasteiger partial charge on any atom is -0.497 e. The number of ether oxygens (including phenoxy) is 3. The highest BCUT2D eigenvalue weighted by Crippen LogP contribution is 2.18. The third kappa shape index (κ3) is 3.91. The monoisotopic (exact) mass is 237 g/mol. The van der Waals surface area contributed by atoms with E-state index in [0.29, 0.717) is 6.61 Å². The number of methoxy groups -OCH3 is 1. The molecule has 0 saturated carbocycles. The number of nitrogens with zero attached hydrogens (tertiary/aromatic N) is 1. The molecular weight excluding hydrogens is 218 g/mol. The van der Waals surface area contributed by atoms with Crippen LogP contribution in [0.5, 0.6) is 11.5 Å². The van der Waals surface area contributed by atoms with Crippen LogP contribution in [0.3, 0.4) is 0 Å². The summed E-state index contributed by atoms with van der Waals surface area (Å²) in [6.07, 6.45) is 0. The minimum atomic E-state index is 0.702. The van der Waals surface area contributed by atoms with E-state index in [-0.39, 0.29) is 0 Å². The van der Waals surface area contributed by atoms with Crippen molar-refractivity contribution < 1.29 is 14.2 Å². The Morgan fingerprint density at radius 1 is 1.24 bits per heavy atom. The third-order valence-electron chi connectivity index (χ3n) is 2.82. The van der Waals surface area contributed by atoms with Crippen molar-refractivity contribution >= 4 is 0 Å². The topological polar surface area (TPSA) is 30.9 Å². The quantitative estimate of drug-likeness (QED) is 0.774. The van der Waals surface area contributed by atoms with Gasteiger partial charge in [-0.05, 0) is 12.1 Å². The van der Waals surface area contributed by atoms with E-state index in [4.69, 9.17) is 14.2 Å². The van der Waals surface area contributed by atoms with Gasteiger partial charge in [0.15, 0.2) is 0 Å². The molecule has 0 aliphatic carbocycles. The zero-order chi connectivity index (χ0) is 11.9. The van der Waals surface area contributed by atoms with Crippen LogP contribution in [-0.4, -0.2) is 51.5 Å². The molecule has 0 aromatic heterocycles. The lowest BCUT2D eigenvalue weighted by Crippen LogP contribution is -2.38. The number of morpholine rings is 1. The molecule has 0 amide bonds. The van der Waals surface area contributed by atoms with Crippen molar-refractivity contribution in [3.05, 3.63) is 24.3 Å². The van der Waals surface area contributed by atoms with Crippen molar-refractivity contribution in [3.8, 4) is 11.5 Å². The second-order valence-electron chi connectivity index (χ2n) is 3.98. The smallest absolute Gasteiger partial charge is 0.123 e. The van der Waals surface area contributed by atoms with Gasteiger partial charge in [-0.2, -0.15) is 0 Å². The van der Waals surface area contributed by atoms with E-state index in [0.717, 1.165) is 44.3 Å². The Balaban J connectivity index is 1.73. The fraction of sp³-hybridized carbons (Fsp3) is 0.538. The van der Waals surface area contributed by atoms with Gasteiger partial charge in [-0.15, -0.1) is 0 Å². The molecule has 0 bridgehead atoms. The first-order chi connectivity index (χ1) is 8.38. The van der Waals surface area contributed by atoms with Crippen LogP contribution >= 0.6 is 0 Å². The van der Waals surface area contributed by atoms with Gasteiger partial charge >= 0.3 is 0 Å². The Labute approximate surface area is 102 Å². The highest BCUT2D eigenvalue weighted by molar-refractivity contribution is 5.32. The van der Waals surface area contributed by atoms with E-state index in [2.05, 4.69) is 4.90 Å². The number of rotatable bonds is 5. The summed E-state index contributed by atoms with van der Waals surface area (Å²) in [5.74, 6) is 1.69. The van der Waals surface area contributed by atoms with Crippen molar-refractivity contribution in [1.82, 2.24) is 4.90 Å². The van der Waals surface area contributed by atoms with Crippen LogP contribution in [0.15, 0.2) is 24.3 Å².